The number of aliphatic hydroxyl groups excluding tert-OH is 1. The molecule has 1 aromatic heterocycles. The van der Waals surface area contributed by atoms with Crippen LogP contribution in [0.4, 0.5) is 0 Å². The molecular weight excluding hydrogens is 248 g/mol. The van der Waals surface area contributed by atoms with Gasteiger partial charge < -0.3 is 19.0 Å². The van der Waals surface area contributed by atoms with Crippen LogP contribution in [0, 0.1) is 0 Å². The fraction of sp³-hybridized carbons (Fsp3) is 0.385. The number of nitrogens with zero attached hydrogens (tertiary/aromatic N) is 2. The van der Waals surface area contributed by atoms with Crippen LogP contribution < -0.4 is 9.47 Å². The molecule has 0 atom stereocenters. The van der Waals surface area contributed by atoms with Crippen LogP contribution in [0.3, 0.4) is 0 Å². The first-order valence-corrected chi connectivity index (χ1v) is 6.09. The Morgan fingerprint density at radius 2 is 1.68 bits per heavy atom. The van der Waals surface area contributed by atoms with E-state index in [0.29, 0.717) is 29.7 Å². The Morgan fingerprint density at radius 1 is 1.05 bits per heavy atom. The van der Waals surface area contributed by atoms with Crippen molar-refractivity contribution in [3.05, 3.63) is 36.0 Å². The van der Waals surface area contributed by atoms with Crippen LogP contribution in [0.2, 0.25) is 0 Å². The van der Waals surface area contributed by atoms with E-state index in [1.165, 1.54) is 0 Å². The molecule has 0 aliphatic heterocycles. The van der Waals surface area contributed by atoms with Crippen LogP contribution in [-0.2, 0) is 13.0 Å². The molecule has 0 aliphatic carbocycles. The molecule has 6 nitrogen and oxygen atoms in total. The molecule has 0 aliphatic rings. The minimum Gasteiger partial charge on any atom is -0.491 e. The number of aryl methyl sites for hydroxylation is 1. The van der Waals surface area contributed by atoms with E-state index in [-0.39, 0.29) is 19.8 Å². The molecule has 0 amide bonds. The maximum atomic E-state index is 8.64. The van der Waals surface area contributed by atoms with Gasteiger partial charge in [0, 0.05) is 6.42 Å². The van der Waals surface area contributed by atoms with Crippen LogP contribution >= 0.6 is 0 Å². The number of aliphatic hydroxyl groups is 1. The summed E-state index contributed by atoms with van der Waals surface area (Å²) in [6, 6.07) is 7.11. The molecule has 0 bridgehead atoms. The Hall–Kier alpha value is -2.08. The molecule has 0 saturated carbocycles. The van der Waals surface area contributed by atoms with E-state index >= 15 is 0 Å². The van der Waals surface area contributed by atoms with Crippen molar-refractivity contribution in [3.63, 3.8) is 0 Å². The highest BCUT2D eigenvalue weighted by Crippen LogP contribution is 2.18. The maximum absolute atomic E-state index is 8.64. The normalized spacial score (nSPS) is 10.4. The monoisotopic (exact) mass is 264 g/mol. The third kappa shape index (κ3) is 3.96. The third-order valence-electron chi connectivity index (χ3n) is 2.36. The van der Waals surface area contributed by atoms with Gasteiger partial charge in [-0.2, -0.15) is 0 Å². The number of hydrogen-bond donors (Lipinski definition) is 1. The van der Waals surface area contributed by atoms with Gasteiger partial charge in [-0.25, -0.2) is 0 Å². The quantitative estimate of drug-likeness (QED) is 0.818. The Kier molecular flexibility index (Phi) is 4.74. The van der Waals surface area contributed by atoms with Gasteiger partial charge in [-0.15, -0.1) is 10.2 Å². The minimum absolute atomic E-state index is 0.00479. The molecule has 0 spiro atoms. The number of ether oxygens (including phenoxy) is 2. The first-order chi connectivity index (χ1) is 9.31. The maximum Gasteiger partial charge on any atom is 0.253 e. The summed E-state index contributed by atoms with van der Waals surface area (Å²) in [5.74, 6) is 2.43. The van der Waals surface area contributed by atoms with Gasteiger partial charge in [-0.05, 0) is 24.3 Å². The van der Waals surface area contributed by atoms with E-state index in [9.17, 15) is 0 Å². The largest absolute Gasteiger partial charge is 0.491 e. The average molecular weight is 264 g/mol. The molecule has 0 fully saturated rings. The second kappa shape index (κ2) is 6.75. The fourth-order valence-corrected chi connectivity index (χ4v) is 1.43. The molecule has 0 saturated heterocycles. The van der Waals surface area contributed by atoms with Gasteiger partial charge in [0.1, 0.15) is 18.1 Å². The van der Waals surface area contributed by atoms with E-state index < -0.39 is 0 Å². The zero-order valence-electron chi connectivity index (χ0n) is 10.7. The molecule has 2 aromatic rings. The first kappa shape index (κ1) is 13.4. The van der Waals surface area contributed by atoms with Gasteiger partial charge in [0.05, 0.1) is 6.61 Å². The fourth-order valence-electron chi connectivity index (χ4n) is 1.43. The summed E-state index contributed by atoms with van der Waals surface area (Å²) in [5, 5.41) is 16.4. The van der Waals surface area contributed by atoms with E-state index in [1.54, 1.807) is 24.3 Å². The van der Waals surface area contributed by atoms with E-state index in [0.717, 1.165) is 0 Å². The smallest absolute Gasteiger partial charge is 0.253 e. The SMILES string of the molecule is CCc1nnc(COc2ccc(OCCO)cc2)o1. The van der Waals surface area contributed by atoms with Gasteiger partial charge in [0.15, 0.2) is 6.61 Å². The molecule has 1 heterocycles. The molecule has 19 heavy (non-hydrogen) atoms. The summed E-state index contributed by atoms with van der Waals surface area (Å²) in [5.41, 5.74) is 0. The van der Waals surface area contributed by atoms with Crippen molar-refractivity contribution in [1.29, 1.82) is 0 Å². The van der Waals surface area contributed by atoms with Crippen molar-refractivity contribution in [2.45, 2.75) is 20.0 Å². The molecule has 0 unspecified atom stereocenters. The van der Waals surface area contributed by atoms with Gasteiger partial charge in [-0.3, -0.25) is 0 Å². The lowest BCUT2D eigenvalue weighted by molar-refractivity contribution is 0.201. The van der Waals surface area contributed by atoms with Crippen molar-refractivity contribution >= 4 is 0 Å². The Labute approximate surface area is 111 Å². The van der Waals surface area contributed by atoms with E-state index in [2.05, 4.69) is 10.2 Å². The highest BCUT2D eigenvalue weighted by atomic mass is 16.5. The highest BCUT2D eigenvalue weighted by molar-refractivity contribution is 5.31. The van der Waals surface area contributed by atoms with Gasteiger partial charge in [0.2, 0.25) is 5.89 Å². The van der Waals surface area contributed by atoms with Crippen molar-refractivity contribution < 1.29 is 19.0 Å². The lowest BCUT2D eigenvalue weighted by Crippen LogP contribution is -2.01. The molecule has 102 valence electrons. The molecule has 6 heteroatoms. The lowest BCUT2D eigenvalue weighted by Gasteiger charge is -2.06. The van der Waals surface area contributed by atoms with Crippen molar-refractivity contribution in [1.82, 2.24) is 10.2 Å². The molecule has 0 radical (unpaired) electrons. The lowest BCUT2D eigenvalue weighted by atomic mass is 10.3. The summed E-state index contributed by atoms with van der Waals surface area (Å²) < 4.78 is 16.1. The van der Waals surface area contributed by atoms with Crippen molar-refractivity contribution in [2.75, 3.05) is 13.2 Å². The number of benzene rings is 1. The zero-order chi connectivity index (χ0) is 13.5. The topological polar surface area (TPSA) is 77.6 Å². The van der Waals surface area contributed by atoms with Crippen LogP contribution in [-0.4, -0.2) is 28.5 Å². The van der Waals surface area contributed by atoms with Crippen LogP contribution in [0.1, 0.15) is 18.7 Å². The Bertz CT molecular complexity index is 496. The van der Waals surface area contributed by atoms with Crippen LogP contribution in [0.15, 0.2) is 28.7 Å². The van der Waals surface area contributed by atoms with Gasteiger partial charge in [-0.1, -0.05) is 6.92 Å². The summed E-state index contributed by atoms with van der Waals surface area (Å²) in [7, 11) is 0. The predicted molar refractivity (Wildman–Crippen MR) is 67.0 cm³/mol. The average Bonchev–Trinajstić information content (AvgIpc) is 2.92. The van der Waals surface area contributed by atoms with Crippen molar-refractivity contribution in [3.8, 4) is 11.5 Å². The number of hydrogen-bond acceptors (Lipinski definition) is 6. The highest BCUT2D eigenvalue weighted by Gasteiger charge is 2.05. The molecule has 2 rings (SSSR count). The predicted octanol–water partition coefficient (Wildman–Crippen LogP) is 1.58. The van der Waals surface area contributed by atoms with Crippen LogP contribution in [0.5, 0.6) is 11.5 Å². The summed E-state index contributed by atoms with van der Waals surface area (Å²) in [6.07, 6.45) is 0.712. The van der Waals surface area contributed by atoms with E-state index in [1.807, 2.05) is 6.92 Å². The Morgan fingerprint density at radius 3 is 2.26 bits per heavy atom. The summed E-state index contributed by atoms with van der Waals surface area (Å²) >= 11 is 0. The molecular formula is C13H16N2O4. The minimum atomic E-state index is -0.00479. The van der Waals surface area contributed by atoms with E-state index in [4.69, 9.17) is 19.0 Å². The van der Waals surface area contributed by atoms with Crippen LogP contribution in [0.25, 0.3) is 0 Å². The number of aromatic nitrogens is 2. The summed E-state index contributed by atoms with van der Waals surface area (Å²) in [4.78, 5) is 0. The Balaban J connectivity index is 1.85. The first-order valence-electron chi connectivity index (χ1n) is 6.09. The second-order valence-corrected chi connectivity index (χ2v) is 3.78. The van der Waals surface area contributed by atoms with Gasteiger partial charge in [0.25, 0.3) is 5.89 Å². The molecule has 1 aromatic carbocycles. The summed E-state index contributed by atoms with van der Waals surface area (Å²) in [6.45, 7) is 2.46. The standard InChI is InChI=1S/C13H16N2O4/c1-2-12-14-15-13(19-12)9-18-11-5-3-10(4-6-11)17-8-7-16/h3-6,16H,2,7-9H2,1H3. The zero-order valence-corrected chi connectivity index (χ0v) is 10.7. The third-order valence-corrected chi connectivity index (χ3v) is 2.36. The number of rotatable bonds is 7. The van der Waals surface area contributed by atoms with Gasteiger partial charge >= 0.3 is 0 Å². The van der Waals surface area contributed by atoms with Crippen molar-refractivity contribution in [2.24, 2.45) is 0 Å². The molecule has 1 N–H and O–H groups in total. The second-order valence-electron chi connectivity index (χ2n) is 3.78.